The molecule has 0 aromatic rings. The van der Waals surface area contributed by atoms with E-state index in [-0.39, 0.29) is 6.15 Å². The minimum Gasteiger partial charge on any atom is -0.450 e. The number of carbonyl (C=O) groups is 1. The van der Waals surface area contributed by atoms with E-state index in [1.165, 1.54) is 6.92 Å². The molecule has 0 aromatic carbocycles. The van der Waals surface area contributed by atoms with Crippen molar-refractivity contribution in [2.45, 2.75) is 20.8 Å². The lowest BCUT2D eigenvalue weighted by Crippen LogP contribution is -2.09. The summed E-state index contributed by atoms with van der Waals surface area (Å²) in [4.78, 5) is 8.56. The predicted molar refractivity (Wildman–Crippen MR) is 51.2 cm³/mol. The Morgan fingerprint density at radius 2 is 1.54 bits per heavy atom. The Morgan fingerprint density at radius 1 is 1.38 bits per heavy atom. The Balaban J connectivity index is -0.0000000465. The van der Waals surface area contributed by atoms with E-state index in [0.29, 0.717) is 0 Å². The zero-order valence-electron chi connectivity index (χ0n) is 8.37. The molecule has 0 aliphatic heterocycles. The van der Waals surface area contributed by atoms with Crippen LogP contribution in [0.1, 0.15) is 20.8 Å². The van der Waals surface area contributed by atoms with Gasteiger partial charge in [-0.05, 0) is 13.1 Å². The van der Waals surface area contributed by atoms with Gasteiger partial charge in [0.25, 0.3) is 0 Å². The minimum atomic E-state index is -1.83. The highest BCUT2D eigenvalue weighted by atomic mass is 16.6. The second kappa shape index (κ2) is 31.0. The summed E-state index contributed by atoms with van der Waals surface area (Å²) in [5.41, 5.74) is 0. The van der Waals surface area contributed by atoms with Crippen molar-refractivity contribution in [1.82, 2.24) is 11.5 Å². The average Bonchev–Trinajstić information content (AvgIpc) is 1.89. The van der Waals surface area contributed by atoms with E-state index < -0.39 is 6.16 Å². The molecular weight excluding hydrogens is 174 g/mol. The molecule has 0 rings (SSSR count). The number of hydrogen-bond acceptors (Lipinski definition) is 4. The molecule has 0 radical (unpaired) electrons. The van der Waals surface area contributed by atoms with Crippen LogP contribution in [-0.2, 0) is 0 Å². The molecule has 80 valence electrons. The Kier molecular flexibility index (Phi) is 53.9. The molecule has 0 aliphatic carbocycles. The second-order valence-electron chi connectivity index (χ2n) is 1.46. The van der Waals surface area contributed by atoms with Crippen LogP contribution >= 0.6 is 0 Å². The van der Waals surface area contributed by atoms with Gasteiger partial charge in [-0.15, -0.1) is 0 Å². The van der Waals surface area contributed by atoms with Crippen molar-refractivity contribution >= 4 is 6.16 Å². The number of hydrogen-bond donors (Lipinski definition) is 4. The molecule has 0 spiro atoms. The minimum absolute atomic E-state index is 0. The van der Waals surface area contributed by atoms with Crippen LogP contribution in [0, 0.1) is 11.3 Å². The van der Waals surface area contributed by atoms with Crippen molar-refractivity contribution < 1.29 is 15.0 Å². The Hall–Kier alpha value is -1.32. The van der Waals surface area contributed by atoms with E-state index in [1.807, 2.05) is 0 Å². The molecule has 0 aliphatic rings. The van der Waals surface area contributed by atoms with E-state index in [4.69, 9.17) is 20.3 Å². The molecule has 0 fully saturated rings. The maximum absolute atomic E-state index is 8.56. The summed E-state index contributed by atoms with van der Waals surface area (Å²) >= 11 is 0. The fourth-order valence-corrected chi connectivity index (χ4v) is 0.250. The third-order valence-electron chi connectivity index (χ3n) is 0.500. The summed E-state index contributed by atoms with van der Waals surface area (Å²) in [5.74, 6) is 0. The first-order chi connectivity index (χ1) is 5.56. The average molecular weight is 193 g/mol. The fraction of sp³-hybridized carbons (Fsp3) is 0.714. The largest absolute Gasteiger partial charge is 0.503 e. The Morgan fingerprint density at radius 3 is 1.54 bits per heavy atom. The van der Waals surface area contributed by atoms with E-state index in [0.717, 1.165) is 13.1 Å². The molecule has 0 amide bonds. The quantitative estimate of drug-likeness (QED) is 0.526. The van der Waals surface area contributed by atoms with Gasteiger partial charge < -0.3 is 21.7 Å². The maximum atomic E-state index is 8.56. The zero-order chi connectivity index (χ0) is 10.4. The lowest BCUT2D eigenvalue weighted by atomic mass is 10.7. The fourth-order valence-electron chi connectivity index (χ4n) is 0.250. The highest BCUT2D eigenvalue weighted by Crippen LogP contribution is 1.47. The summed E-state index contributed by atoms with van der Waals surface area (Å²) in [6.07, 6.45) is -1.83. The number of rotatable bonds is 2. The third-order valence-corrected chi connectivity index (χ3v) is 0.500. The van der Waals surface area contributed by atoms with Crippen molar-refractivity contribution in [3.8, 4) is 6.07 Å². The van der Waals surface area contributed by atoms with Crippen molar-refractivity contribution in [3.05, 3.63) is 0 Å². The van der Waals surface area contributed by atoms with Gasteiger partial charge in [0, 0.05) is 6.92 Å². The molecule has 0 aromatic heterocycles. The van der Waals surface area contributed by atoms with Gasteiger partial charge in [0.1, 0.15) is 0 Å². The number of carboxylic acid groups (broad SMARTS) is 2. The Labute approximate surface area is 78.8 Å². The normalized spacial score (nSPS) is 5.69. The molecule has 0 unspecified atom stereocenters. The summed E-state index contributed by atoms with van der Waals surface area (Å²) in [7, 11) is 0. The van der Waals surface area contributed by atoms with Crippen LogP contribution in [0.4, 0.5) is 4.79 Å². The van der Waals surface area contributed by atoms with E-state index >= 15 is 0 Å². The molecular formula is C7H19N3O3. The number of nitrogens with one attached hydrogen (secondary N) is 1. The maximum Gasteiger partial charge on any atom is 0.503 e. The van der Waals surface area contributed by atoms with Crippen molar-refractivity contribution in [1.29, 1.82) is 5.26 Å². The molecule has 0 saturated heterocycles. The summed E-state index contributed by atoms with van der Waals surface area (Å²) in [5, 5.41) is 24.4. The predicted octanol–water partition coefficient (Wildman–Crippen LogP) is 1.53. The van der Waals surface area contributed by atoms with Gasteiger partial charge in [0.05, 0.1) is 6.07 Å². The second-order valence-corrected chi connectivity index (χ2v) is 1.46. The highest BCUT2D eigenvalue weighted by Gasteiger charge is 1.70. The van der Waals surface area contributed by atoms with Crippen LogP contribution in [0.25, 0.3) is 0 Å². The van der Waals surface area contributed by atoms with Gasteiger partial charge in [-0.1, -0.05) is 13.8 Å². The first kappa shape index (κ1) is 22.6. The number of nitriles is 1. The smallest absolute Gasteiger partial charge is 0.450 e. The van der Waals surface area contributed by atoms with Crippen LogP contribution in [0.3, 0.4) is 0 Å². The lowest BCUT2D eigenvalue weighted by Gasteiger charge is -1.86. The Bertz CT molecular complexity index is 117. The first-order valence-electron chi connectivity index (χ1n) is 3.50. The van der Waals surface area contributed by atoms with Gasteiger partial charge in [-0.3, -0.25) is 0 Å². The van der Waals surface area contributed by atoms with E-state index in [1.54, 1.807) is 6.07 Å². The summed E-state index contributed by atoms with van der Waals surface area (Å²) in [6.45, 7) is 7.82. The van der Waals surface area contributed by atoms with Crippen molar-refractivity contribution in [3.63, 3.8) is 0 Å². The van der Waals surface area contributed by atoms with Crippen LogP contribution in [0.15, 0.2) is 0 Å². The van der Waals surface area contributed by atoms with Crippen LogP contribution in [0.5, 0.6) is 0 Å². The van der Waals surface area contributed by atoms with Gasteiger partial charge in [0.2, 0.25) is 0 Å². The van der Waals surface area contributed by atoms with Gasteiger partial charge >= 0.3 is 6.16 Å². The molecule has 0 heterocycles. The molecule has 0 saturated carbocycles. The number of nitrogens with zero attached hydrogens (tertiary/aromatic N) is 1. The van der Waals surface area contributed by atoms with E-state index in [2.05, 4.69) is 19.2 Å². The SMILES string of the molecule is CC#N.CCNCC.N.O=C(O)O. The monoisotopic (exact) mass is 193 g/mol. The highest BCUT2D eigenvalue weighted by molar-refractivity contribution is 5.53. The van der Waals surface area contributed by atoms with Gasteiger partial charge in [0.15, 0.2) is 0 Å². The molecule has 13 heavy (non-hydrogen) atoms. The standard InChI is InChI=1S/C4H11N.C2H3N.CH2O3.H3N/c1-3-5-4-2;1-2-3;2-1(3)4;/h5H,3-4H2,1-2H3;1H3;(H2,2,3,4);1H3. The summed E-state index contributed by atoms with van der Waals surface area (Å²) in [6, 6.07) is 1.75. The third kappa shape index (κ3) is 1740. The first-order valence-corrected chi connectivity index (χ1v) is 3.50. The zero-order valence-corrected chi connectivity index (χ0v) is 8.37. The van der Waals surface area contributed by atoms with Gasteiger partial charge in [-0.2, -0.15) is 5.26 Å². The van der Waals surface area contributed by atoms with Crippen LogP contribution < -0.4 is 11.5 Å². The van der Waals surface area contributed by atoms with Gasteiger partial charge in [-0.25, -0.2) is 4.79 Å². The van der Waals surface area contributed by atoms with Crippen LogP contribution in [0.2, 0.25) is 0 Å². The molecule has 6 nitrogen and oxygen atoms in total. The van der Waals surface area contributed by atoms with Crippen LogP contribution in [-0.4, -0.2) is 29.5 Å². The lowest BCUT2D eigenvalue weighted by molar-refractivity contribution is 0.137. The van der Waals surface area contributed by atoms with Crippen molar-refractivity contribution in [2.75, 3.05) is 13.1 Å². The topological polar surface area (TPSA) is 128 Å². The molecule has 0 atom stereocenters. The molecule has 6 heteroatoms. The van der Waals surface area contributed by atoms with Crippen molar-refractivity contribution in [2.24, 2.45) is 0 Å². The summed E-state index contributed by atoms with van der Waals surface area (Å²) < 4.78 is 0. The van der Waals surface area contributed by atoms with E-state index in [9.17, 15) is 0 Å². The molecule has 0 bridgehead atoms. The molecule has 6 N–H and O–H groups in total.